The van der Waals surface area contributed by atoms with Crippen LogP contribution in [-0.4, -0.2) is 42.5 Å². The van der Waals surface area contributed by atoms with E-state index in [0.717, 1.165) is 11.0 Å². The first-order chi connectivity index (χ1) is 6.14. The molecule has 0 N–H and O–H groups in total. The van der Waals surface area contributed by atoms with E-state index < -0.39 is 0 Å². The van der Waals surface area contributed by atoms with Crippen LogP contribution in [0.15, 0.2) is 30.3 Å². The maximum atomic E-state index is 2.29. The Morgan fingerprint density at radius 1 is 1.07 bits per heavy atom. The van der Waals surface area contributed by atoms with E-state index in [9.17, 15) is 0 Å². The summed E-state index contributed by atoms with van der Waals surface area (Å²) in [6, 6.07) is 10.7. The Labute approximate surface area is 98.5 Å². The average Bonchev–Trinajstić information content (AvgIpc) is 2.04. The number of nitrogens with zero attached hydrogens (tertiary/aromatic N) is 1. The normalized spacial score (nSPS) is 10.8. The van der Waals surface area contributed by atoms with Gasteiger partial charge in [0.25, 0.3) is 0 Å². The van der Waals surface area contributed by atoms with Crippen molar-refractivity contribution < 1.29 is 4.48 Å². The van der Waals surface area contributed by atoms with Crippen molar-refractivity contribution in [1.82, 2.24) is 0 Å². The first kappa shape index (κ1) is 13.7. The molecule has 1 aromatic carbocycles. The molecule has 0 aliphatic rings. The van der Waals surface area contributed by atoms with Gasteiger partial charge in [-0.1, -0.05) is 37.3 Å². The van der Waals surface area contributed by atoms with Crippen molar-refractivity contribution >= 4 is 17.4 Å². The quantitative estimate of drug-likeness (QED) is 0.522. The van der Waals surface area contributed by atoms with E-state index in [1.165, 1.54) is 18.5 Å². The summed E-state index contributed by atoms with van der Waals surface area (Å²) in [6.07, 6.45) is 1.25. The summed E-state index contributed by atoms with van der Waals surface area (Å²) in [6.45, 7) is 4.62. The van der Waals surface area contributed by atoms with Crippen LogP contribution < -0.4 is 0 Å². The average molecular weight is 205 g/mol. The van der Waals surface area contributed by atoms with Crippen molar-refractivity contribution in [2.45, 2.75) is 19.9 Å². The summed E-state index contributed by atoms with van der Waals surface area (Å²) >= 11 is 0. The predicted octanol–water partition coefficient (Wildman–Crippen LogP) is 2.29. The number of hydrogen-bond acceptors (Lipinski definition) is 0. The molecule has 0 heterocycles. The molecule has 0 fully saturated rings. The van der Waals surface area contributed by atoms with Crippen LogP contribution in [0.5, 0.6) is 0 Å². The van der Waals surface area contributed by atoms with E-state index in [2.05, 4.69) is 51.4 Å². The summed E-state index contributed by atoms with van der Waals surface area (Å²) < 4.78 is 1.08. The van der Waals surface area contributed by atoms with Gasteiger partial charge < -0.3 is 4.48 Å². The van der Waals surface area contributed by atoms with E-state index in [4.69, 9.17) is 0 Å². The number of benzene rings is 1. The van der Waals surface area contributed by atoms with E-state index >= 15 is 0 Å². The molecule has 0 atom stereocenters. The Morgan fingerprint density at radius 3 is 2.14 bits per heavy atom. The molecular weight excluding hydrogens is 185 g/mol. The fraction of sp³-hybridized carbons (Fsp3) is 0.500. The van der Waals surface area contributed by atoms with Crippen LogP contribution in [0.4, 0.5) is 0 Å². The van der Waals surface area contributed by atoms with Crippen molar-refractivity contribution in [1.29, 1.82) is 0 Å². The minimum absolute atomic E-state index is 0. The summed E-state index contributed by atoms with van der Waals surface area (Å²) in [5.74, 6) is 0. The van der Waals surface area contributed by atoms with E-state index in [1.54, 1.807) is 0 Å². The van der Waals surface area contributed by atoms with Gasteiger partial charge in [-0.15, -0.1) is 0 Å². The molecule has 1 rings (SSSR count). The van der Waals surface area contributed by atoms with Crippen LogP contribution in [0.2, 0.25) is 0 Å². The first-order valence-corrected chi connectivity index (χ1v) is 5.00. The van der Waals surface area contributed by atoms with Gasteiger partial charge in [0.15, 0.2) is 0 Å². The smallest absolute Gasteiger partial charge is 0.325 e. The number of hydrogen-bond donors (Lipinski definition) is 0. The molecule has 0 aromatic heterocycles. The molecule has 14 heavy (non-hydrogen) atoms. The van der Waals surface area contributed by atoms with E-state index in [-0.39, 0.29) is 17.4 Å². The maximum absolute atomic E-state index is 2.29. The largest absolute Gasteiger partial charge is 3.00 e. The number of rotatable bonds is 4. The van der Waals surface area contributed by atoms with Crippen LogP contribution >= 0.6 is 0 Å². The zero-order valence-electron chi connectivity index (χ0n) is 9.53. The van der Waals surface area contributed by atoms with Crippen LogP contribution in [0.3, 0.4) is 0 Å². The van der Waals surface area contributed by atoms with Crippen LogP contribution in [0.25, 0.3) is 0 Å². The van der Waals surface area contributed by atoms with Crippen LogP contribution in [-0.2, 0) is 6.54 Å². The molecule has 1 nitrogen and oxygen atoms in total. The number of quaternary nitrogens is 1. The molecule has 72 valence electrons. The van der Waals surface area contributed by atoms with Crippen molar-refractivity contribution in [3.05, 3.63) is 35.9 Å². The summed E-state index contributed by atoms with van der Waals surface area (Å²) in [4.78, 5) is 0. The van der Waals surface area contributed by atoms with Gasteiger partial charge >= 0.3 is 17.4 Å². The molecule has 0 saturated heterocycles. The van der Waals surface area contributed by atoms with E-state index in [1.807, 2.05) is 0 Å². The molecule has 0 spiro atoms. The minimum Gasteiger partial charge on any atom is -0.325 e. The van der Waals surface area contributed by atoms with Gasteiger partial charge in [-0.3, -0.25) is 0 Å². The molecule has 0 radical (unpaired) electrons. The van der Waals surface area contributed by atoms with Gasteiger partial charge in [0.1, 0.15) is 6.54 Å². The Morgan fingerprint density at radius 2 is 1.64 bits per heavy atom. The van der Waals surface area contributed by atoms with Crippen molar-refractivity contribution in [3.63, 3.8) is 0 Å². The third-order valence-electron chi connectivity index (χ3n) is 2.28. The Hall–Kier alpha value is -0.288. The fourth-order valence-corrected chi connectivity index (χ4v) is 1.76. The van der Waals surface area contributed by atoms with Gasteiger partial charge in [0, 0.05) is 5.56 Å². The third-order valence-corrected chi connectivity index (χ3v) is 2.28. The zero-order chi connectivity index (χ0) is 9.73. The predicted molar refractivity (Wildman–Crippen MR) is 63.2 cm³/mol. The maximum Gasteiger partial charge on any atom is 3.00 e. The molecule has 0 saturated carbocycles. The molecule has 0 unspecified atom stereocenters. The summed E-state index contributed by atoms with van der Waals surface area (Å²) in [5.41, 5.74) is 1.43. The summed E-state index contributed by atoms with van der Waals surface area (Å²) in [7, 11) is 4.58. The molecule has 0 amide bonds. The summed E-state index contributed by atoms with van der Waals surface area (Å²) in [5, 5.41) is 0. The fourth-order valence-electron chi connectivity index (χ4n) is 1.76. The molecule has 1 aromatic rings. The molecule has 0 aliphatic heterocycles. The van der Waals surface area contributed by atoms with Gasteiger partial charge in [0.2, 0.25) is 0 Å². The second kappa shape index (κ2) is 6.24. The van der Waals surface area contributed by atoms with Crippen LogP contribution in [0.1, 0.15) is 18.9 Å². The minimum atomic E-state index is 0. The van der Waals surface area contributed by atoms with Crippen molar-refractivity contribution in [2.75, 3.05) is 20.6 Å². The molecule has 2 heteroatoms. The van der Waals surface area contributed by atoms with E-state index in [0.29, 0.717) is 0 Å². The molecule has 0 aliphatic carbocycles. The van der Waals surface area contributed by atoms with Gasteiger partial charge in [-0.2, -0.15) is 0 Å². The Kier molecular flexibility index (Phi) is 6.12. The topological polar surface area (TPSA) is 0 Å². The standard InChI is InChI=1S/C12H20N.Al/c1-4-10-13(2,3)11-12-8-6-5-7-9-12;/h5-9H,4,10-11H2,1-3H3;/q+1;+3. The van der Waals surface area contributed by atoms with Gasteiger partial charge in [-0.05, 0) is 6.42 Å². The second-order valence-electron chi connectivity index (χ2n) is 4.30. The monoisotopic (exact) mass is 205 g/mol. The second-order valence-corrected chi connectivity index (χ2v) is 4.30. The van der Waals surface area contributed by atoms with Crippen molar-refractivity contribution in [2.24, 2.45) is 0 Å². The third kappa shape index (κ3) is 4.81. The SMILES string of the molecule is CCC[N+](C)(C)Cc1ccccc1.[Al+3]. The van der Waals surface area contributed by atoms with Gasteiger partial charge in [0.05, 0.1) is 20.6 Å². The molecule has 0 bridgehead atoms. The Balaban J connectivity index is 0.00000169. The zero-order valence-corrected chi connectivity index (χ0v) is 10.7. The Bertz CT molecular complexity index is 244. The van der Waals surface area contributed by atoms with Crippen LogP contribution in [0, 0.1) is 0 Å². The van der Waals surface area contributed by atoms with Gasteiger partial charge in [-0.25, -0.2) is 0 Å². The first-order valence-electron chi connectivity index (χ1n) is 5.00. The van der Waals surface area contributed by atoms with Crippen molar-refractivity contribution in [3.8, 4) is 0 Å². The molecular formula is C12H20AlN+4.